The fraction of sp³-hybridized carbons (Fsp3) is 0.231. The molecule has 2 rings (SSSR count). The summed E-state index contributed by atoms with van der Waals surface area (Å²) < 4.78 is 6.57. The molecule has 1 heterocycles. The maximum absolute atomic E-state index is 10.7. The van der Waals surface area contributed by atoms with Crippen molar-refractivity contribution in [3.63, 3.8) is 0 Å². The summed E-state index contributed by atoms with van der Waals surface area (Å²) in [6.07, 6.45) is 1.68. The third kappa shape index (κ3) is 2.34. The molecule has 0 aliphatic rings. The highest BCUT2D eigenvalue weighted by Gasteiger charge is 2.10. The molecule has 0 spiro atoms. The van der Waals surface area contributed by atoms with Crippen LogP contribution in [0.4, 0.5) is 0 Å². The zero-order valence-corrected chi connectivity index (χ0v) is 10.3. The Balaban J connectivity index is 2.32. The lowest BCUT2D eigenvalue weighted by molar-refractivity contribution is -0.137. The van der Waals surface area contributed by atoms with E-state index in [4.69, 9.17) is 9.84 Å². The van der Waals surface area contributed by atoms with Crippen LogP contribution in [0.5, 0.6) is 5.75 Å². The molecule has 94 valence electrons. The summed E-state index contributed by atoms with van der Waals surface area (Å²) in [7, 11) is 1.62. The average molecular weight is 246 g/mol. The number of benzene rings is 1. The van der Waals surface area contributed by atoms with Crippen LogP contribution in [0.15, 0.2) is 30.5 Å². The molecule has 1 aromatic carbocycles. The Labute approximate surface area is 105 Å². The molecule has 0 amide bonds. The first-order valence-electron chi connectivity index (χ1n) is 5.50. The summed E-state index contributed by atoms with van der Waals surface area (Å²) in [5.41, 5.74) is 2.76. The quantitative estimate of drug-likeness (QED) is 0.895. The van der Waals surface area contributed by atoms with E-state index in [1.165, 1.54) is 4.68 Å². The highest BCUT2D eigenvalue weighted by atomic mass is 16.5. The number of rotatable bonds is 4. The third-order valence-corrected chi connectivity index (χ3v) is 2.79. The second kappa shape index (κ2) is 4.91. The van der Waals surface area contributed by atoms with Gasteiger partial charge in [-0.05, 0) is 24.6 Å². The van der Waals surface area contributed by atoms with Gasteiger partial charge in [0.1, 0.15) is 12.3 Å². The van der Waals surface area contributed by atoms with E-state index in [-0.39, 0.29) is 6.54 Å². The van der Waals surface area contributed by atoms with Gasteiger partial charge in [-0.15, -0.1) is 0 Å². The maximum atomic E-state index is 10.7. The van der Waals surface area contributed by atoms with Crippen LogP contribution in [0.3, 0.4) is 0 Å². The van der Waals surface area contributed by atoms with E-state index in [9.17, 15) is 4.79 Å². The number of carboxylic acids is 1. The van der Waals surface area contributed by atoms with E-state index in [0.29, 0.717) is 0 Å². The van der Waals surface area contributed by atoms with Gasteiger partial charge in [0.15, 0.2) is 0 Å². The first-order valence-corrected chi connectivity index (χ1v) is 5.50. The van der Waals surface area contributed by atoms with Crippen molar-refractivity contribution in [2.45, 2.75) is 13.5 Å². The number of hydrogen-bond donors (Lipinski definition) is 1. The Kier molecular flexibility index (Phi) is 3.32. The highest BCUT2D eigenvalue weighted by Crippen LogP contribution is 2.25. The SMILES string of the molecule is COc1ccc(-c2cnn(CC(=O)O)c2C)cc1. The number of nitrogens with zero attached hydrogens (tertiary/aromatic N) is 2. The molecule has 0 fully saturated rings. The Morgan fingerprint density at radius 3 is 2.61 bits per heavy atom. The summed E-state index contributed by atoms with van der Waals surface area (Å²) in [5.74, 6) is -0.114. The normalized spacial score (nSPS) is 10.3. The minimum Gasteiger partial charge on any atom is -0.497 e. The van der Waals surface area contributed by atoms with E-state index in [0.717, 1.165) is 22.6 Å². The average Bonchev–Trinajstić information content (AvgIpc) is 2.71. The van der Waals surface area contributed by atoms with Crippen LogP contribution in [-0.2, 0) is 11.3 Å². The summed E-state index contributed by atoms with van der Waals surface area (Å²) in [5, 5.41) is 12.8. The summed E-state index contributed by atoms with van der Waals surface area (Å²) in [6, 6.07) is 7.58. The lowest BCUT2D eigenvalue weighted by atomic mass is 10.1. The topological polar surface area (TPSA) is 64.4 Å². The molecule has 1 aromatic heterocycles. The molecule has 0 radical (unpaired) electrons. The van der Waals surface area contributed by atoms with Crippen LogP contribution >= 0.6 is 0 Å². The van der Waals surface area contributed by atoms with Gasteiger partial charge < -0.3 is 9.84 Å². The predicted molar refractivity (Wildman–Crippen MR) is 66.6 cm³/mol. The molecular formula is C13H14N2O3. The van der Waals surface area contributed by atoms with Crippen LogP contribution in [0.2, 0.25) is 0 Å². The number of methoxy groups -OCH3 is 1. The van der Waals surface area contributed by atoms with Gasteiger partial charge in [-0.2, -0.15) is 5.10 Å². The van der Waals surface area contributed by atoms with E-state index in [1.807, 2.05) is 31.2 Å². The van der Waals surface area contributed by atoms with E-state index >= 15 is 0 Å². The van der Waals surface area contributed by atoms with Crippen molar-refractivity contribution < 1.29 is 14.6 Å². The number of aromatic nitrogens is 2. The molecule has 0 bridgehead atoms. The first-order chi connectivity index (χ1) is 8.61. The maximum Gasteiger partial charge on any atom is 0.325 e. The number of carboxylic acid groups (broad SMARTS) is 1. The number of aliphatic carboxylic acids is 1. The van der Waals surface area contributed by atoms with Gasteiger partial charge >= 0.3 is 5.97 Å². The smallest absolute Gasteiger partial charge is 0.325 e. The van der Waals surface area contributed by atoms with E-state index in [1.54, 1.807) is 13.3 Å². The predicted octanol–water partition coefficient (Wildman–Crippen LogP) is 1.95. The van der Waals surface area contributed by atoms with Crippen molar-refractivity contribution in [2.24, 2.45) is 0 Å². The van der Waals surface area contributed by atoms with Crippen molar-refractivity contribution >= 4 is 5.97 Å². The van der Waals surface area contributed by atoms with Gasteiger partial charge in [0.2, 0.25) is 0 Å². The van der Waals surface area contributed by atoms with Gasteiger partial charge in [0.05, 0.1) is 13.3 Å². The molecule has 0 atom stereocenters. The van der Waals surface area contributed by atoms with Gasteiger partial charge in [-0.25, -0.2) is 0 Å². The molecule has 0 aliphatic heterocycles. The van der Waals surface area contributed by atoms with Crippen molar-refractivity contribution in [3.8, 4) is 16.9 Å². The lowest BCUT2D eigenvalue weighted by Crippen LogP contribution is -2.11. The molecule has 0 saturated heterocycles. The Hall–Kier alpha value is -2.30. The Morgan fingerprint density at radius 2 is 2.06 bits per heavy atom. The van der Waals surface area contributed by atoms with Crippen LogP contribution in [0.1, 0.15) is 5.69 Å². The molecule has 0 saturated carbocycles. The molecule has 2 aromatic rings. The largest absolute Gasteiger partial charge is 0.497 e. The molecule has 5 nitrogen and oxygen atoms in total. The third-order valence-electron chi connectivity index (χ3n) is 2.79. The summed E-state index contributed by atoms with van der Waals surface area (Å²) >= 11 is 0. The zero-order chi connectivity index (χ0) is 13.1. The van der Waals surface area contributed by atoms with Crippen molar-refractivity contribution in [2.75, 3.05) is 7.11 Å². The number of ether oxygens (including phenoxy) is 1. The van der Waals surface area contributed by atoms with Gasteiger partial charge in [-0.1, -0.05) is 12.1 Å². The summed E-state index contributed by atoms with van der Waals surface area (Å²) in [6.45, 7) is 1.73. The molecule has 0 aliphatic carbocycles. The molecule has 1 N–H and O–H groups in total. The van der Waals surface area contributed by atoms with Gasteiger partial charge in [0.25, 0.3) is 0 Å². The lowest BCUT2D eigenvalue weighted by Gasteiger charge is -2.04. The van der Waals surface area contributed by atoms with E-state index in [2.05, 4.69) is 5.10 Å². The van der Waals surface area contributed by atoms with Crippen LogP contribution in [-0.4, -0.2) is 28.0 Å². The van der Waals surface area contributed by atoms with Gasteiger partial charge in [-0.3, -0.25) is 9.48 Å². The zero-order valence-electron chi connectivity index (χ0n) is 10.3. The highest BCUT2D eigenvalue weighted by molar-refractivity contribution is 5.69. The van der Waals surface area contributed by atoms with Crippen LogP contribution in [0, 0.1) is 6.92 Å². The Bertz CT molecular complexity index is 558. The van der Waals surface area contributed by atoms with Crippen LogP contribution < -0.4 is 4.74 Å². The number of hydrogen-bond acceptors (Lipinski definition) is 3. The Morgan fingerprint density at radius 1 is 1.39 bits per heavy atom. The van der Waals surface area contributed by atoms with Gasteiger partial charge in [0, 0.05) is 11.3 Å². The van der Waals surface area contributed by atoms with Crippen LogP contribution in [0.25, 0.3) is 11.1 Å². The molecule has 5 heteroatoms. The molecular weight excluding hydrogens is 232 g/mol. The molecule has 0 unspecified atom stereocenters. The van der Waals surface area contributed by atoms with Crippen molar-refractivity contribution in [1.82, 2.24) is 9.78 Å². The minimum absolute atomic E-state index is 0.123. The molecule has 18 heavy (non-hydrogen) atoms. The van der Waals surface area contributed by atoms with Crippen molar-refractivity contribution in [1.29, 1.82) is 0 Å². The number of carbonyl (C=O) groups is 1. The monoisotopic (exact) mass is 246 g/mol. The summed E-state index contributed by atoms with van der Waals surface area (Å²) in [4.78, 5) is 10.7. The standard InChI is InChI=1S/C13H14N2O3/c1-9-12(7-14-15(9)8-13(16)17)10-3-5-11(18-2)6-4-10/h3-7H,8H2,1-2H3,(H,16,17). The van der Waals surface area contributed by atoms with E-state index < -0.39 is 5.97 Å². The second-order valence-electron chi connectivity index (χ2n) is 3.92. The second-order valence-corrected chi connectivity index (χ2v) is 3.92. The minimum atomic E-state index is -0.900. The fourth-order valence-electron chi connectivity index (χ4n) is 1.79. The first kappa shape index (κ1) is 12.2. The van der Waals surface area contributed by atoms with Crippen molar-refractivity contribution in [3.05, 3.63) is 36.2 Å². The fourth-order valence-corrected chi connectivity index (χ4v) is 1.79.